The van der Waals surface area contributed by atoms with Crippen LogP contribution >= 0.6 is 0 Å². The molecule has 1 aromatic rings. The van der Waals surface area contributed by atoms with Gasteiger partial charge in [0.2, 0.25) is 5.91 Å². The van der Waals surface area contributed by atoms with E-state index >= 15 is 0 Å². The summed E-state index contributed by atoms with van der Waals surface area (Å²) in [6.07, 6.45) is 0.0844. The number of rotatable bonds is 5. The Balaban J connectivity index is 2.88. The van der Waals surface area contributed by atoms with Crippen molar-refractivity contribution in [3.8, 4) is 5.75 Å². The number of nitro benzene ring substituents is 1. The predicted molar refractivity (Wildman–Crippen MR) is 61.9 cm³/mol. The summed E-state index contributed by atoms with van der Waals surface area (Å²) < 4.78 is 5.29. The van der Waals surface area contributed by atoms with E-state index in [9.17, 15) is 14.9 Å². The van der Waals surface area contributed by atoms with Crippen molar-refractivity contribution in [1.29, 1.82) is 0 Å². The molecule has 0 unspecified atom stereocenters. The average molecular weight is 238 g/mol. The molecule has 0 radical (unpaired) electrons. The number of carbonyl (C=O) groups is 1. The van der Waals surface area contributed by atoms with Crippen LogP contribution in [0, 0.1) is 24.0 Å². The van der Waals surface area contributed by atoms with Crippen LogP contribution in [0.5, 0.6) is 5.75 Å². The molecule has 2 N–H and O–H groups in total. The van der Waals surface area contributed by atoms with E-state index in [1.165, 1.54) is 6.07 Å². The second-order valence-corrected chi connectivity index (χ2v) is 3.73. The van der Waals surface area contributed by atoms with E-state index in [1.54, 1.807) is 19.9 Å². The highest BCUT2D eigenvalue weighted by Gasteiger charge is 2.14. The lowest BCUT2D eigenvalue weighted by Crippen LogP contribution is -2.14. The minimum absolute atomic E-state index is 0.00433. The van der Waals surface area contributed by atoms with Gasteiger partial charge in [-0.1, -0.05) is 0 Å². The van der Waals surface area contributed by atoms with Gasteiger partial charge in [-0.05, 0) is 25.5 Å². The molecule has 0 saturated carbocycles. The first-order valence-electron chi connectivity index (χ1n) is 5.08. The molecule has 17 heavy (non-hydrogen) atoms. The molecule has 92 valence electrons. The van der Waals surface area contributed by atoms with E-state index in [0.29, 0.717) is 11.3 Å². The van der Waals surface area contributed by atoms with Crippen molar-refractivity contribution in [2.45, 2.75) is 20.3 Å². The highest BCUT2D eigenvalue weighted by Crippen LogP contribution is 2.27. The van der Waals surface area contributed by atoms with Crippen molar-refractivity contribution in [3.63, 3.8) is 0 Å². The summed E-state index contributed by atoms with van der Waals surface area (Å²) in [6, 6.07) is 3.05. The lowest BCUT2D eigenvalue weighted by atomic mass is 10.1. The first-order chi connectivity index (χ1) is 7.91. The third-order valence-corrected chi connectivity index (χ3v) is 2.30. The van der Waals surface area contributed by atoms with Crippen molar-refractivity contribution in [3.05, 3.63) is 33.4 Å². The van der Waals surface area contributed by atoms with E-state index in [4.69, 9.17) is 10.5 Å². The number of primary amides is 1. The second kappa shape index (κ2) is 5.29. The van der Waals surface area contributed by atoms with Gasteiger partial charge in [-0.15, -0.1) is 0 Å². The Kier molecular flexibility index (Phi) is 4.03. The van der Waals surface area contributed by atoms with Crippen LogP contribution in [0.2, 0.25) is 0 Å². The summed E-state index contributed by atoms with van der Waals surface area (Å²) in [5.41, 5.74) is 6.34. The van der Waals surface area contributed by atoms with Gasteiger partial charge in [0.05, 0.1) is 24.0 Å². The van der Waals surface area contributed by atoms with Crippen LogP contribution in [0.3, 0.4) is 0 Å². The molecule has 0 aliphatic rings. The summed E-state index contributed by atoms with van der Waals surface area (Å²) in [6.45, 7) is 3.57. The molecule has 1 aromatic carbocycles. The number of hydrogen-bond acceptors (Lipinski definition) is 4. The zero-order chi connectivity index (χ0) is 13.0. The van der Waals surface area contributed by atoms with Gasteiger partial charge < -0.3 is 10.5 Å². The molecule has 6 heteroatoms. The Hall–Kier alpha value is -2.11. The highest BCUT2D eigenvalue weighted by atomic mass is 16.6. The Morgan fingerprint density at radius 3 is 2.59 bits per heavy atom. The number of nitro groups is 1. The van der Waals surface area contributed by atoms with Crippen molar-refractivity contribution >= 4 is 11.6 Å². The number of carbonyl (C=O) groups excluding carboxylic acids is 1. The molecule has 0 aromatic heterocycles. The average Bonchev–Trinajstić information content (AvgIpc) is 2.20. The summed E-state index contributed by atoms with van der Waals surface area (Å²) in [5.74, 6) is -0.0622. The summed E-state index contributed by atoms with van der Waals surface area (Å²) in [5, 5.41) is 10.7. The smallest absolute Gasteiger partial charge is 0.276 e. The van der Waals surface area contributed by atoms with Gasteiger partial charge in [-0.3, -0.25) is 14.9 Å². The number of nitrogens with two attached hydrogens (primary N) is 1. The standard InChI is InChI=1S/C11H14N2O4/c1-7-5-8(2)10(6-9(7)13(15)16)17-4-3-11(12)14/h5-6H,3-4H2,1-2H3,(H2,12,14). The Bertz CT molecular complexity index is 457. The number of nitrogens with zero attached hydrogens (tertiary/aromatic N) is 1. The molecule has 1 rings (SSSR count). The fourth-order valence-electron chi connectivity index (χ4n) is 1.44. The van der Waals surface area contributed by atoms with Gasteiger partial charge in [0, 0.05) is 5.56 Å². The van der Waals surface area contributed by atoms with Gasteiger partial charge >= 0.3 is 0 Å². The normalized spacial score (nSPS) is 10.0. The molecule has 6 nitrogen and oxygen atoms in total. The van der Waals surface area contributed by atoms with Crippen molar-refractivity contribution in [1.82, 2.24) is 0 Å². The zero-order valence-corrected chi connectivity index (χ0v) is 9.73. The Labute approximate surface area is 98.5 Å². The third-order valence-electron chi connectivity index (χ3n) is 2.30. The van der Waals surface area contributed by atoms with Crippen LogP contribution in [0.4, 0.5) is 5.69 Å². The number of benzene rings is 1. The molecule has 0 atom stereocenters. The maximum atomic E-state index is 10.7. The van der Waals surface area contributed by atoms with Gasteiger partial charge in [0.15, 0.2) is 0 Å². The van der Waals surface area contributed by atoms with E-state index in [0.717, 1.165) is 5.56 Å². The van der Waals surface area contributed by atoms with E-state index in [1.807, 2.05) is 0 Å². The molecular formula is C11H14N2O4. The SMILES string of the molecule is Cc1cc(C)c([N+](=O)[O-])cc1OCCC(N)=O. The minimum atomic E-state index is -0.468. The van der Waals surface area contributed by atoms with Crippen LogP contribution in [0.1, 0.15) is 17.5 Å². The summed E-state index contributed by atoms with van der Waals surface area (Å²) >= 11 is 0. The van der Waals surface area contributed by atoms with Crippen LogP contribution in [-0.2, 0) is 4.79 Å². The summed E-state index contributed by atoms with van der Waals surface area (Å²) in [4.78, 5) is 20.8. The quantitative estimate of drug-likeness (QED) is 0.620. The van der Waals surface area contributed by atoms with Gasteiger partial charge in [-0.25, -0.2) is 0 Å². The third kappa shape index (κ3) is 3.44. The number of amides is 1. The van der Waals surface area contributed by atoms with Crippen LogP contribution < -0.4 is 10.5 Å². The predicted octanol–water partition coefficient (Wildman–Crippen LogP) is 1.47. The molecule has 0 heterocycles. The van der Waals surface area contributed by atoms with Gasteiger partial charge in [0.1, 0.15) is 5.75 Å². The summed E-state index contributed by atoms with van der Waals surface area (Å²) in [7, 11) is 0. The Morgan fingerprint density at radius 2 is 2.06 bits per heavy atom. The van der Waals surface area contributed by atoms with E-state index < -0.39 is 10.8 Å². The van der Waals surface area contributed by atoms with Crippen molar-refractivity contribution < 1.29 is 14.5 Å². The minimum Gasteiger partial charge on any atom is -0.493 e. The molecule has 0 spiro atoms. The topological polar surface area (TPSA) is 95.5 Å². The van der Waals surface area contributed by atoms with Gasteiger partial charge in [-0.2, -0.15) is 0 Å². The lowest BCUT2D eigenvalue weighted by molar-refractivity contribution is -0.385. The second-order valence-electron chi connectivity index (χ2n) is 3.73. The largest absolute Gasteiger partial charge is 0.493 e. The molecule has 1 amide bonds. The van der Waals surface area contributed by atoms with E-state index in [2.05, 4.69) is 0 Å². The van der Waals surface area contributed by atoms with Crippen LogP contribution in [0.15, 0.2) is 12.1 Å². The monoisotopic (exact) mass is 238 g/mol. The molecule has 0 fully saturated rings. The molecule has 0 saturated heterocycles. The van der Waals surface area contributed by atoms with Crippen molar-refractivity contribution in [2.24, 2.45) is 5.73 Å². The number of hydrogen-bond donors (Lipinski definition) is 1. The number of aryl methyl sites for hydroxylation is 2. The Morgan fingerprint density at radius 1 is 1.41 bits per heavy atom. The first-order valence-corrected chi connectivity index (χ1v) is 5.08. The van der Waals surface area contributed by atoms with E-state index in [-0.39, 0.29) is 18.7 Å². The lowest BCUT2D eigenvalue weighted by Gasteiger charge is -2.09. The fraction of sp³-hybridized carbons (Fsp3) is 0.364. The van der Waals surface area contributed by atoms with Crippen LogP contribution in [0.25, 0.3) is 0 Å². The fourth-order valence-corrected chi connectivity index (χ4v) is 1.44. The molecule has 0 aliphatic carbocycles. The molecule has 0 bridgehead atoms. The number of ether oxygens (including phenoxy) is 1. The van der Waals surface area contributed by atoms with Crippen molar-refractivity contribution in [2.75, 3.05) is 6.61 Å². The highest BCUT2D eigenvalue weighted by molar-refractivity contribution is 5.73. The maximum Gasteiger partial charge on any atom is 0.276 e. The van der Waals surface area contributed by atoms with Crippen LogP contribution in [-0.4, -0.2) is 17.4 Å². The maximum absolute atomic E-state index is 10.7. The van der Waals surface area contributed by atoms with Gasteiger partial charge in [0.25, 0.3) is 5.69 Å². The zero-order valence-electron chi connectivity index (χ0n) is 9.73. The molecular weight excluding hydrogens is 224 g/mol. The first kappa shape index (κ1) is 13.0. The molecule has 0 aliphatic heterocycles.